The van der Waals surface area contributed by atoms with Crippen molar-refractivity contribution in [1.82, 2.24) is 9.47 Å². The van der Waals surface area contributed by atoms with E-state index in [0.29, 0.717) is 13.0 Å². The van der Waals surface area contributed by atoms with E-state index in [0.717, 1.165) is 17.0 Å². The highest BCUT2D eigenvalue weighted by Crippen LogP contribution is 2.19. The molecule has 21 heavy (non-hydrogen) atoms. The van der Waals surface area contributed by atoms with Crippen molar-refractivity contribution >= 4 is 23.2 Å². The van der Waals surface area contributed by atoms with Crippen molar-refractivity contribution in [2.45, 2.75) is 44.9 Å². The molecule has 0 spiro atoms. The highest BCUT2D eigenvalue weighted by molar-refractivity contribution is 7.07. The highest BCUT2D eigenvalue weighted by atomic mass is 32.1. The first-order valence-corrected chi connectivity index (χ1v) is 7.63. The molecular weight excluding hydrogens is 296 g/mol. The van der Waals surface area contributed by atoms with Crippen molar-refractivity contribution in [1.29, 1.82) is 0 Å². The second-order valence-electron chi connectivity index (χ2n) is 5.19. The van der Waals surface area contributed by atoms with Crippen LogP contribution in [0.4, 0.5) is 0 Å². The molecule has 1 fully saturated rings. The summed E-state index contributed by atoms with van der Waals surface area (Å²) in [7, 11) is 0. The number of carboxylic acid groups (broad SMARTS) is 1. The number of carbonyl (C=O) groups is 2. The summed E-state index contributed by atoms with van der Waals surface area (Å²) in [4.78, 5) is 35.8. The summed E-state index contributed by atoms with van der Waals surface area (Å²) in [5, 5.41) is 20.3. The fraction of sp³-hybridized carbons (Fsp3) is 0.615. The number of rotatable bonds is 5. The minimum absolute atomic E-state index is 0.0556. The molecule has 1 aromatic heterocycles. The molecule has 1 aromatic rings. The zero-order valence-electron chi connectivity index (χ0n) is 11.7. The van der Waals surface area contributed by atoms with Gasteiger partial charge in [0.25, 0.3) is 0 Å². The van der Waals surface area contributed by atoms with Crippen molar-refractivity contribution < 1.29 is 19.8 Å². The van der Waals surface area contributed by atoms with E-state index in [-0.39, 0.29) is 30.2 Å². The van der Waals surface area contributed by atoms with Crippen molar-refractivity contribution in [2.24, 2.45) is 0 Å². The van der Waals surface area contributed by atoms with E-state index in [1.54, 1.807) is 9.95 Å². The molecule has 2 unspecified atom stereocenters. The van der Waals surface area contributed by atoms with Crippen LogP contribution in [0.15, 0.2) is 10.2 Å². The average Bonchev–Trinajstić information content (AvgIpc) is 2.95. The van der Waals surface area contributed by atoms with Gasteiger partial charge in [0.2, 0.25) is 5.91 Å². The van der Waals surface area contributed by atoms with Crippen LogP contribution < -0.4 is 4.87 Å². The summed E-state index contributed by atoms with van der Waals surface area (Å²) in [6.07, 6.45) is -0.0748. The van der Waals surface area contributed by atoms with E-state index >= 15 is 0 Å². The number of aliphatic hydroxyl groups is 1. The third kappa shape index (κ3) is 3.51. The molecule has 1 amide bonds. The maximum atomic E-state index is 12.1. The van der Waals surface area contributed by atoms with Gasteiger partial charge in [0.1, 0.15) is 6.04 Å². The number of nitrogens with zero attached hydrogens (tertiary/aromatic N) is 2. The van der Waals surface area contributed by atoms with Crippen LogP contribution in [-0.2, 0) is 16.1 Å². The normalized spacial score (nSPS) is 21.7. The SMILES string of the molecule is Cc1csc(=O)n1CCCC(=O)N1CC(O)CC1C(=O)O. The molecule has 7 nitrogen and oxygen atoms in total. The van der Waals surface area contributed by atoms with Crippen molar-refractivity contribution in [2.75, 3.05) is 6.54 Å². The zero-order chi connectivity index (χ0) is 15.6. The van der Waals surface area contributed by atoms with Crippen LogP contribution in [0.25, 0.3) is 0 Å². The van der Waals surface area contributed by atoms with Gasteiger partial charge in [-0.15, -0.1) is 0 Å². The Bertz CT molecular complexity index is 594. The number of aliphatic hydroxyl groups excluding tert-OH is 1. The Kier molecular flexibility index (Phi) is 4.79. The summed E-state index contributed by atoms with van der Waals surface area (Å²) in [6, 6.07) is -0.946. The lowest BCUT2D eigenvalue weighted by molar-refractivity contribution is -0.148. The standard InChI is InChI=1S/C13H18N2O5S/c1-8-7-21-13(20)14(8)4-2-3-11(17)15-6-9(16)5-10(15)12(18)19/h7,9-10,16H,2-6H2,1H3,(H,18,19). The number of hydrogen-bond donors (Lipinski definition) is 2. The number of β-amino-alcohol motifs (C(OH)–C–C–N with tert-alkyl or cyclic N) is 1. The molecule has 2 heterocycles. The number of amides is 1. The quantitative estimate of drug-likeness (QED) is 0.799. The second kappa shape index (κ2) is 6.40. The van der Waals surface area contributed by atoms with Crippen LogP contribution in [0.3, 0.4) is 0 Å². The Hall–Kier alpha value is -1.67. The molecule has 2 N–H and O–H groups in total. The Balaban J connectivity index is 1.90. The molecule has 0 radical (unpaired) electrons. The summed E-state index contributed by atoms with van der Waals surface area (Å²) >= 11 is 1.12. The smallest absolute Gasteiger partial charge is 0.326 e. The molecule has 0 aromatic carbocycles. The predicted molar refractivity (Wildman–Crippen MR) is 76.3 cm³/mol. The Morgan fingerprint density at radius 2 is 2.19 bits per heavy atom. The Morgan fingerprint density at radius 3 is 2.76 bits per heavy atom. The van der Waals surface area contributed by atoms with E-state index in [9.17, 15) is 19.5 Å². The molecular formula is C13H18N2O5S. The number of thiazole rings is 1. The van der Waals surface area contributed by atoms with Gasteiger partial charge in [0, 0.05) is 37.0 Å². The second-order valence-corrected chi connectivity index (χ2v) is 6.01. The molecule has 2 atom stereocenters. The minimum atomic E-state index is -1.09. The van der Waals surface area contributed by atoms with Crippen molar-refractivity contribution in [3.05, 3.63) is 20.7 Å². The number of aryl methyl sites for hydroxylation is 1. The van der Waals surface area contributed by atoms with Crippen molar-refractivity contribution in [3.8, 4) is 0 Å². The molecule has 8 heteroatoms. The third-order valence-corrected chi connectivity index (χ3v) is 4.51. The fourth-order valence-corrected chi connectivity index (χ4v) is 3.29. The lowest BCUT2D eigenvalue weighted by Gasteiger charge is -2.21. The molecule has 116 valence electrons. The van der Waals surface area contributed by atoms with Gasteiger partial charge in [-0.2, -0.15) is 0 Å². The molecule has 1 saturated heterocycles. The van der Waals surface area contributed by atoms with E-state index in [1.165, 1.54) is 4.90 Å². The first-order valence-electron chi connectivity index (χ1n) is 6.75. The van der Waals surface area contributed by atoms with E-state index in [1.807, 2.05) is 6.92 Å². The van der Waals surface area contributed by atoms with E-state index in [2.05, 4.69) is 0 Å². The number of carbonyl (C=O) groups excluding carboxylic acids is 1. The summed E-state index contributed by atoms with van der Waals surface area (Å²) < 4.78 is 1.60. The molecule has 0 saturated carbocycles. The predicted octanol–water partition coefficient (Wildman–Crippen LogP) is 0.0448. The van der Waals surface area contributed by atoms with Gasteiger partial charge in [0.15, 0.2) is 0 Å². The maximum Gasteiger partial charge on any atom is 0.326 e. The summed E-state index contributed by atoms with van der Waals surface area (Å²) in [5.74, 6) is -1.38. The maximum absolute atomic E-state index is 12.1. The van der Waals surface area contributed by atoms with Crippen LogP contribution in [0.1, 0.15) is 25.0 Å². The summed E-state index contributed by atoms with van der Waals surface area (Å²) in [6.45, 7) is 2.33. The number of likely N-dealkylation sites (tertiary alicyclic amines) is 1. The van der Waals surface area contributed by atoms with Crippen LogP contribution >= 0.6 is 11.3 Å². The van der Waals surface area contributed by atoms with Gasteiger partial charge < -0.3 is 19.7 Å². The van der Waals surface area contributed by atoms with Crippen LogP contribution in [0.2, 0.25) is 0 Å². The first-order chi connectivity index (χ1) is 9.90. The van der Waals surface area contributed by atoms with Crippen LogP contribution in [0, 0.1) is 6.92 Å². The number of carboxylic acids is 1. The topological polar surface area (TPSA) is 99.8 Å². The first kappa shape index (κ1) is 15.7. The van der Waals surface area contributed by atoms with Gasteiger partial charge in [-0.3, -0.25) is 9.59 Å². The lowest BCUT2D eigenvalue weighted by atomic mass is 10.2. The van der Waals surface area contributed by atoms with E-state index < -0.39 is 18.1 Å². The van der Waals surface area contributed by atoms with Gasteiger partial charge in [-0.05, 0) is 13.3 Å². The van der Waals surface area contributed by atoms with Gasteiger partial charge in [-0.1, -0.05) is 11.3 Å². The van der Waals surface area contributed by atoms with Crippen molar-refractivity contribution in [3.63, 3.8) is 0 Å². The lowest BCUT2D eigenvalue weighted by Crippen LogP contribution is -2.40. The molecule has 1 aliphatic rings. The van der Waals surface area contributed by atoms with Crippen LogP contribution in [0.5, 0.6) is 0 Å². The van der Waals surface area contributed by atoms with E-state index in [4.69, 9.17) is 5.11 Å². The zero-order valence-corrected chi connectivity index (χ0v) is 12.5. The molecule has 0 bridgehead atoms. The monoisotopic (exact) mass is 314 g/mol. The fourth-order valence-electron chi connectivity index (χ4n) is 2.53. The number of aromatic nitrogens is 1. The van der Waals surface area contributed by atoms with Gasteiger partial charge in [0.05, 0.1) is 6.10 Å². The minimum Gasteiger partial charge on any atom is -0.480 e. The van der Waals surface area contributed by atoms with Gasteiger partial charge in [-0.25, -0.2) is 4.79 Å². The summed E-state index contributed by atoms with van der Waals surface area (Å²) in [5.41, 5.74) is 0.859. The third-order valence-electron chi connectivity index (χ3n) is 3.63. The Morgan fingerprint density at radius 1 is 1.48 bits per heavy atom. The number of aliphatic carboxylic acids is 1. The Labute approximate surface area is 125 Å². The average molecular weight is 314 g/mol. The molecule has 1 aliphatic heterocycles. The van der Waals surface area contributed by atoms with Crippen LogP contribution in [-0.4, -0.2) is 50.2 Å². The highest BCUT2D eigenvalue weighted by Gasteiger charge is 2.38. The molecule has 2 rings (SSSR count). The number of hydrogen-bond acceptors (Lipinski definition) is 5. The largest absolute Gasteiger partial charge is 0.480 e. The van der Waals surface area contributed by atoms with Gasteiger partial charge >= 0.3 is 10.8 Å². The molecule has 0 aliphatic carbocycles.